The topological polar surface area (TPSA) is 64.6 Å². The van der Waals surface area contributed by atoms with Crippen molar-refractivity contribution in [2.75, 3.05) is 13.7 Å². The van der Waals surface area contributed by atoms with Gasteiger partial charge in [-0.05, 0) is 31.2 Å². The van der Waals surface area contributed by atoms with Crippen molar-refractivity contribution in [1.29, 1.82) is 0 Å². The first kappa shape index (κ1) is 13.4. The number of nitrogens with one attached hydrogen (secondary N) is 1. The van der Waals surface area contributed by atoms with Gasteiger partial charge in [0.25, 0.3) is 0 Å². The van der Waals surface area contributed by atoms with Crippen LogP contribution in [0.3, 0.4) is 0 Å². The SMILES string of the molecule is CCCNC(c1ccoc1)c1ccc(C(=O)OC)o1. The molecule has 0 aliphatic carbocycles. The van der Waals surface area contributed by atoms with Crippen LogP contribution in [-0.2, 0) is 4.74 Å². The lowest BCUT2D eigenvalue weighted by Crippen LogP contribution is -2.22. The summed E-state index contributed by atoms with van der Waals surface area (Å²) in [7, 11) is 1.33. The predicted molar refractivity (Wildman–Crippen MR) is 68.9 cm³/mol. The van der Waals surface area contributed by atoms with Crippen molar-refractivity contribution in [1.82, 2.24) is 5.32 Å². The van der Waals surface area contributed by atoms with E-state index in [-0.39, 0.29) is 11.8 Å². The van der Waals surface area contributed by atoms with Gasteiger partial charge in [0.2, 0.25) is 5.76 Å². The lowest BCUT2D eigenvalue weighted by Gasteiger charge is -2.14. The van der Waals surface area contributed by atoms with Crippen LogP contribution in [0.2, 0.25) is 0 Å². The van der Waals surface area contributed by atoms with Gasteiger partial charge in [0.1, 0.15) is 5.76 Å². The Morgan fingerprint density at radius 2 is 2.26 bits per heavy atom. The fraction of sp³-hybridized carbons (Fsp3) is 0.357. The fourth-order valence-electron chi connectivity index (χ4n) is 1.83. The molecule has 0 amide bonds. The first-order valence-electron chi connectivity index (χ1n) is 6.19. The van der Waals surface area contributed by atoms with Crippen LogP contribution in [-0.4, -0.2) is 19.6 Å². The molecule has 0 saturated carbocycles. The van der Waals surface area contributed by atoms with Gasteiger partial charge in [0.05, 0.1) is 25.7 Å². The summed E-state index contributed by atoms with van der Waals surface area (Å²) in [5.41, 5.74) is 0.958. The molecule has 2 heterocycles. The molecule has 102 valence electrons. The molecule has 2 aromatic rings. The summed E-state index contributed by atoms with van der Waals surface area (Å²) in [6.45, 7) is 2.92. The van der Waals surface area contributed by atoms with Gasteiger partial charge >= 0.3 is 5.97 Å². The Kier molecular flexibility index (Phi) is 4.41. The Hall–Kier alpha value is -2.01. The quantitative estimate of drug-likeness (QED) is 0.812. The Labute approximate surface area is 111 Å². The molecule has 0 aliphatic heterocycles. The number of carbonyl (C=O) groups excluding carboxylic acids is 1. The van der Waals surface area contributed by atoms with Crippen molar-refractivity contribution in [3.8, 4) is 0 Å². The molecule has 5 heteroatoms. The van der Waals surface area contributed by atoms with Crippen LogP contribution in [0.25, 0.3) is 0 Å². The zero-order valence-corrected chi connectivity index (χ0v) is 11.0. The van der Waals surface area contributed by atoms with E-state index >= 15 is 0 Å². The number of hydrogen-bond donors (Lipinski definition) is 1. The second-order valence-corrected chi connectivity index (χ2v) is 4.14. The molecule has 1 atom stereocenters. The lowest BCUT2D eigenvalue weighted by atomic mass is 10.1. The van der Waals surface area contributed by atoms with E-state index in [1.165, 1.54) is 7.11 Å². The molecule has 5 nitrogen and oxygen atoms in total. The monoisotopic (exact) mass is 263 g/mol. The Balaban J connectivity index is 2.23. The van der Waals surface area contributed by atoms with Gasteiger partial charge in [-0.3, -0.25) is 0 Å². The molecule has 0 radical (unpaired) electrons. The molecule has 0 aliphatic rings. The number of esters is 1. The van der Waals surface area contributed by atoms with Crippen LogP contribution >= 0.6 is 0 Å². The Morgan fingerprint density at radius 3 is 2.89 bits per heavy atom. The minimum Gasteiger partial charge on any atom is -0.472 e. The number of hydrogen-bond acceptors (Lipinski definition) is 5. The van der Waals surface area contributed by atoms with E-state index in [0.29, 0.717) is 5.76 Å². The van der Waals surface area contributed by atoms with E-state index in [1.54, 1.807) is 24.7 Å². The minimum atomic E-state index is -0.479. The second-order valence-electron chi connectivity index (χ2n) is 4.14. The van der Waals surface area contributed by atoms with Gasteiger partial charge in [-0.1, -0.05) is 6.92 Å². The number of carbonyl (C=O) groups is 1. The molecule has 0 saturated heterocycles. The highest BCUT2D eigenvalue weighted by Gasteiger charge is 2.20. The first-order valence-corrected chi connectivity index (χ1v) is 6.19. The number of methoxy groups -OCH3 is 1. The molecule has 0 fully saturated rings. The summed E-state index contributed by atoms with van der Waals surface area (Å²) < 4.78 is 15.3. The van der Waals surface area contributed by atoms with E-state index in [4.69, 9.17) is 8.83 Å². The van der Waals surface area contributed by atoms with Crippen LogP contribution in [0.1, 0.15) is 41.3 Å². The van der Waals surface area contributed by atoms with Crippen molar-refractivity contribution in [2.24, 2.45) is 0 Å². The maximum atomic E-state index is 11.4. The van der Waals surface area contributed by atoms with Crippen molar-refractivity contribution in [3.63, 3.8) is 0 Å². The maximum Gasteiger partial charge on any atom is 0.373 e. The number of furan rings is 2. The van der Waals surface area contributed by atoms with Crippen LogP contribution in [0.4, 0.5) is 0 Å². The minimum absolute atomic E-state index is 0.128. The molecule has 0 bridgehead atoms. The standard InChI is InChI=1S/C14H17NO4/c1-3-7-15-13(10-6-8-18-9-10)11-4-5-12(19-11)14(16)17-2/h4-6,8-9,13,15H,3,7H2,1-2H3. The third kappa shape index (κ3) is 3.06. The third-order valence-corrected chi connectivity index (χ3v) is 2.77. The molecule has 1 N–H and O–H groups in total. The van der Waals surface area contributed by atoms with Gasteiger partial charge < -0.3 is 18.9 Å². The summed E-state index contributed by atoms with van der Waals surface area (Å²) in [6, 6.07) is 5.12. The zero-order chi connectivity index (χ0) is 13.7. The fourth-order valence-corrected chi connectivity index (χ4v) is 1.83. The van der Waals surface area contributed by atoms with Gasteiger partial charge in [0, 0.05) is 5.56 Å². The molecular formula is C14H17NO4. The maximum absolute atomic E-state index is 11.4. The van der Waals surface area contributed by atoms with E-state index in [9.17, 15) is 4.79 Å². The highest BCUT2D eigenvalue weighted by atomic mass is 16.5. The van der Waals surface area contributed by atoms with Gasteiger partial charge in [-0.25, -0.2) is 4.79 Å². The molecule has 0 spiro atoms. The Morgan fingerprint density at radius 1 is 1.42 bits per heavy atom. The molecule has 1 unspecified atom stereocenters. The molecule has 2 aromatic heterocycles. The van der Waals surface area contributed by atoms with E-state index < -0.39 is 5.97 Å². The van der Waals surface area contributed by atoms with E-state index in [1.807, 2.05) is 6.07 Å². The summed E-state index contributed by atoms with van der Waals surface area (Å²) in [5.74, 6) is 0.382. The van der Waals surface area contributed by atoms with Crippen LogP contribution in [0.5, 0.6) is 0 Å². The van der Waals surface area contributed by atoms with Crippen molar-refractivity contribution >= 4 is 5.97 Å². The molecule has 19 heavy (non-hydrogen) atoms. The van der Waals surface area contributed by atoms with Gasteiger partial charge in [0.15, 0.2) is 0 Å². The zero-order valence-electron chi connectivity index (χ0n) is 11.0. The lowest BCUT2D eigenvalue weighted by molar-refractivity contribution is 0.0562. The van der Waals surface area contributed by atoms with Crippen molar-refractivity contribution < 1.29 is 18.4 Å². The van der Waals surface area contributed by atoms with Gasteiger partial charge in [-0.2, -0.15) is 0 Å². The number of ether oxygens (including phenoxy) is 1. The van der Waals surface area contributed by atoms with E-state index in [0.717, 1.165) is 18.5 Å². The van der Waals surface area contributed by atoms with Crippen molar-refractivity contribution in [2.45, 2.75) is 19.4 Å². The van der Waals surface area contributed by atoms with Gasteiger partial charge in [-0.15, -0.1) is 0 Å². The summed E-state index contributed by atoms with van der Waals surface area (Å²) >= 11 is 0. The highest BCUT2D eigenvalue weighted by Crippen LogP contribution is 2.24. The average molecular weight is 263 g/mol. The second kappa shape index (κ2) is 6.24. The summed E-state index contributed by atoms with van der Waals surface area (Å²) in [6.07, 6.45) is 4.27. The van der Waals surface area contributed by atoms with Crippen molar-refractivity contribution in [3.05, 3.63) is 47.8 Å². The average Bonchev–Trinajstić information content (AvgIpc) is 3.09. The molecule has 2 rings (SSSR count). The molecular weight excluding hydrogens is 246 g/mol. The van der Waals surface area contributed by atoms with E-state index in [2.05, 4.69) is 17.0 Å². The Bertz CT molecular complexity index is 515. The predicted octanol–water partition coefficient (Wildman–Crippen LogP) is 2.75. The first-order chi connectivity index (χ1) is 9.26. The number of rotatable bonds is 6. The molecule has 0 aromatic carbocycles. The largest absolute Gasteiger partial charge is 0.472 e. The highest BCUT2D eigenvalue weighted by molar-refractivity contribution is 5.86. The smallest absolute Gasteiger partial charge is 0.373 e. The van der Waals surface area contributed by atoms with Crippen LogP contribution in [0, 0.1) is 0 Å². The summed E-state index contributed by atoms with van der Waals surface area (Å²) in [4.78, 5) is 11.4. The third-order valence-electron chi connectivity index (χ3n) is 2.77. The summed E-state index contributed by atoms with van der Waals surface area (Å²) in [5, 5.41) is 3.35. The van der Waals surface area contributed by atoms with Crippen LogP contribution < -0.4 is 5.32 Å². The normalized spacial score (nSPS) is 12.3. The van der Waals surface area contributed by atoms with Crippen LogP contribution in [0.15, 0.2) is 39.6 Å².